The van der Waals surface area contributed by atoms with Crippen molar-refractivity contribution in [1.82, 2.24) is 0 Å². The highest BCUT2D eigenvalue weighted by Crippen LogP contribution is 2.17. The van der Waals surface area contributed by atoms with Crippen LogP contribution in [0.5, 0.6) is 5.75 Å². The highest BCUT2D eigenvalue weighted by molar-refractivity contribution is 7.90. The fourth-order valence-electron chi connectivity index (χ4n) is 1.45. The summed E-state index contributed by atoms with van der Waals surface area (Å²) >= 11 is 0. The molecule has 0 radical (unpaired) electrons. The third-order valence-corrected chi connectivity index (χ3v) is 3.23. The molecule has 0 aliphatic carbocycles. The summed E-state index contributed by atoms with van der Waals surface area (Å²) in [7, 11) is -3.05. The lowest BCUT2D eigenvalue weighted by Crippen LogP contribution is -2.20. The van der Waals surface area contributed by atoms with Gasteiger partial charge in [0.15, 0.2) is 0 Å². The van der Waals surface area contributed by atoms with Crippen LogP contribution in [0.2, 0.25) is 0 Å². The van der Waals surface area contributed by atoms with Gasteiger partial charge in [-0.2, -0.15) is 0 Å². The van der Waals surface area contributed by atoms with E-state index in [1.165, 1.54) is 6.26 Å². The molecule has 4 nitrogen and oxygen atoms in total. The van der Waals surface area contributed by atoms with Crippen molar-refractivity contribution in [2.45, 2.75) is 19.4 Å². The van der Waals surface area contributed by atoms with Gasteiger partial charge in [0.05, 0.1) is 12.4 Å². The van der Waals surface area contributed by atoms with Crippen molar-refractivity contribution >= 4 is 9.84 Å². The number of ether oxygens (including phenoxy) is 1. The van der Waals surface area contributed by atoms with E-state index in [1.54, 1.807) is 12.1 Å². The fourth-order valence-corrected chi connectivity index (χ4v) is 2.30. The lowest BCUT2D eigenvalue weighted by atomic mass is 10.1. The molecule has 1 atom stereocenters. The van der Waals surface area contributed by atoms with Crippen LogP contribution in [0, 0.1) is 0 Å². The molecular formula is C12H19NO3S. The molecule has 0 saturated heterocycles. The smallest absolute Gasteiger partial charge is 0.149 e. The molecule has 0 bridgehead atoms. The average Bonchev–Trinajstić information content (AvgIpc) is 2.24. The van der Waals surface area contributed by atoms with Crippen molar-refractivity contribution in [3.63, 3.8) is 0 Å². The molecule has 5 heteroatoms. The van der Waals surface area contributed by atoms with Gasteiger partial charge in [-0.1, -0.05) is 19.1 Å². The van der Waals surface area contributed by atoms with Crippen LogP contribution in [0.1, 0.15) is 24.9 Å². The predicted octanol–water partition coefficient (Wildman–Crippen LogP) is 1.52. The molecule has 0 amide bonds. The van der Waals surface area contributed by atoms with Crippen LogP contribution in [-0.4, -0.2) is 27.0 Å². The Morgan fingerprint density at radius 1 is 1.29 bits per heavy atom. The Labute approximate surface area is 103 Å². The Hall–Kier alpha value is -1.07. The van der Waals surface area contributed by atoms with E-state index in [1.807, 2.05) is 19.1 Å². The maximum absolute atomic E-state index is 11.1. The van der Waals surface area contributed by atoms with Crippen molar-refractivity contribution < 1.29 is 13.2 Å². The first kappa shape index (κ1) is 14.0. The zero-order valence-corrected chi connectivity index (χ0v) is 11.0. The number of rotatable bonds is 6. The Kier molecular flexibility index (Phi) is 4.96. The van der Waals surface area contributed by atoms with Crippen LogP contribution < -0.4 is 10.5 Å². The van der Waals surface area contributed by atoms with Crippen molar-refractivity contribution in [2.24, 2.45) is 5.73 Å². The molecule has 0 aliphatic heterocycles. The minimum atomic E-state index is -3.05. The van der Waals surface area contributed by atoms with E-state index in [-0.39, 0.29) is 5.75 Å². The van der Waals surface area contributed by atoms with E-state index in [0.717, 1.165) is 17.7 Å². The van der Waals surface area contributed by atoms with Gasteiger partial charge in [0.2, 0.25) is 0 Å². The van der Waals surface area contributed by atoms with Gasteiger partial charge in [-0.15, -0.1) is 0 Å². The summed E-state index contributed by atoms with van der Waals surface area (Å²) in [6.07, 6.45) is 2.14. The summed E-state index contributed by atoms with van der Waals surface area (Å²) in [5.74, 6) is 0.740. The number of hydrogen-bond donors (Lipinski definition) is 1. The minimum Gasteiger partial charge on any atom is -0.494 e. The topological polar surface area (TPSA) is 69.4 Å². The Morgan fingerprint density at radius 3 is 2.35 bits per heavy atom. The highest BCUT2D eigenvalue weighted by Gasteiger charge is 2.12. The van der Waals surface area contributed by atoms with Gasteiger partial charge in [-0.25, -0.2) is 8.42 Å². The maximum atomic E-state index is 11.1. The molecule has 0 aromatic heterocycles. The number of sulfone groups is 1. The molecule has 1 unspecified atom stereocenters. The molecule has 17 heavy (non-hydrogen) atoms. The number of nitrogens with two attached hydrogens (primary N) is 1. The Morgan fingerprint density at radius 2 is 1.88 bits per heavy atom. The average molecular weight is 257 g/mol. The SMILES string of the molecule is CCCOc1ccc(C(N)CS(C)(=O)=O)cc1. The van der Waals surface area contributed by atoms with E-state index in [0.29, 0.717) is 6.61 Å². The van der Waals surface area contributed by atoms with Gasteiger partial charge in [-0.3, -0.25) is 0 Å². The van der Waals surface area contributed by atoms with Gasteiger partial charge in [-0.05, 0) is 24.1 Å². The van der Waals surface area contributed by atoms with Gasteiger partial charge in [0.1, 0.15) is 15.6 Å². The molecule has 0 saturated carbocycles. The first-order valence-corrected chi connectivity index (χ1v) is 7.64. The zero-order valence-electron chi connectivity index (χ0n) is 10.2. The van der Waals surface area contributed by atoms with Gasteiger partial charge >= 0.3 is 0 Å². The molecular weight excluding hydrogens is 238 g/mol. The van der Waals surface area contributed by atoms with Crippen LogP contribution >= 0.6 is 0 Å². The largest absolute Gasteiger partial charge is 0.494 e. The van der Waals surface area contributed by atoms with Crippen molar-refractivity contribution in [3.05, 3.63) is 29.8 Å². The van der Waals surface area contributed by atoms with Crippen molar-refractivity contribution in [3.8, 4) is 5.75 Å². The number of benzene rings is 1. The first-order valence-electron chi connectivity index (χ1n) is 5.58. The summed E-state index contributed by atoms with van der Waals surface area (Å²) in [5.41, 5.74) is 6.62. The van der Waals surface area contributed by atoms with Crippen LogP contribution in [0.3, 0.4) is 0 Å². The standard InChI is InChI=1S/C12H19NO3S/c1-3-8-16-11-6-4-10(5-7-11)12(13)9-17(2,14)15/h4-7,12H,3,8-9,13H2,1-2H3. The minimum absolute atomic E-state index is 0.0395. The molecule has 0 spiro atoms. The Balaban J connectivity index is 2.67. The van der Waals surface area contributed by atoms with Crippen molar-refractivity contribution in [1.29, 1.82) is 0 Å². The van der Waals surface area contributed by atoms with E-state index in [9.17, 15) is 8.42 Å². The lowest BCUT2D eigenvalue weighted by Gasteiger charge is -2.11. The molecule has 96 valence electrons. The maximum Gasteiger partial charge on any atom is 0.149 e. The fraction of sp³-hybridized carbons (Fsp3) is 0.500. The van der Waals surface area contributed by atoms with Gasteiger partial charge < -0.3 is 10.5 Å². The van der Waals surface area contributed by atoms with Gasteiger partial charge in [0, 0.05) is 12.3 Å². The third kappa shape index (κ3) is 5.19. The molecule has 0 aliphatic rings. The monoisotopic (exact) mass is 257 g/mol. The van der Waals surface area contributed by atoms with Gasteiger partial charge in [0.25, 0.3) is 0 Å². The second-order valence-corrected chi connectivity index (χ2v) is 6.30. The second-order valence-electron chi connectivity index (χ2n) is 4.12. The summed E-state index contributed by atoms with van der Waals surface area (Å²) in [6.45, 7) is 2.71. The normalized spacial score (nSPS) is 13.4. The molecule has 2 N–H and O–H groups in total. The van der Waals surface area contributed by atoms with E-state index in [2.05, 4.69) is 0 Å². The summed E-state index contributed by atoms with van der Waals surface area (Å²) < 4.78 is 27.7. The predicted molar refractivity (Wildman–Crippen MR) is 68.9 cm³/mol. The van der Waals surface area contributed by atoms with Crippen LogP contribution in [-0.2, 0) is 9.84 Å². The van der Waals surface area contributed by atoms with E-state index < -0.39 is 15.9 Å². The second kappa shape index (κ2) is 6.02. The summed E-state index contributed by atoms with van der Waals surface area (Å²) in [4.78, 5) is 0. The number of hydrogen-bond acceptors (Lipinski definition) is 4. The van der Waals surface area contributed by atoms with Crippen LogP contribution in [0.25, 0.3) is 0 Å². The van der Waals surface area contributed by atoms with Crippen LogP contribution in [0.15, 0.2) is 24.3 Å². The summed E-state index contributed by atoms with van der Waals surface area (Å²) in [6, 6.07) is 6.76. The van der Waals surface area contributed by atoms with E-state index >= 15 is 0 Å². The lowest BCUT2D eigenvalue weighted by molar-refractivity contribution is 0.317. The molecule has 1 aromatic carbocycles. The molecule has 1 aromatic rings. The molecule has 0 fully saturated rings. The third-order valence-electron chi connectivity index (χ3n) is 2.26. The molecule has 1 rings (SSSR count). The first-order chi connectivity index (χ1) is 7.92. The zero-order chi connectivity index (χ0) is 12.9. The van der Waals surface area contributed by atoms with E-state index in [4.69, 9.17) is 10.5 Å². The highest BCUT2D eigenvalue weighted by atomic mass is 32.2. The quantitative estimate of drug-likeness (QED) is 0.839. The molecule has 0 heterocycles. The summed E-state index contributed by atoms with van der Waals surface area (Å²) in [5, 5.41) is 0. The van der Waals surface area contributed by atoms with Crippen LogP contribution in [0.4, 0.5) is 0 Å². The Bertz CT molecular complexity index is 439. The van der Waals surface area contributed by atoms with Crippen molar-refractivity contribution in [2.75, 3.05) is 18.6 Å².